The number of carbonyl (C=O) groups is 3. The van der Waals surface area contributed by atoms with E-state index in [9.17, 15) is 23.9 Å². The summed E-state index contributed by atoms with van der Waals surface area (Å²) in [4.78, 5) is 41.2. The highest BCUT2D eigenvalue weighted by atomic mass is 35.5. The van der Waals surface area contributed by atoms with Crippen LogP contribution in [-0.4, -0.2) is 39.9 Å². The van der Waals surface area contributed by atoms with Crippen LogP contribution >= 0.6 is 11.6 Å². The number of para-hydroxylation sites is 1. The number of amides is 3. The smallest absolute Gasteiger partial charge is 0.250 e. The third-order valence-corrected chi connectivity index (χ3v) is 6.81. The van der Waals surface area contributed by atoms with Crippen molar-refractivity contribution in [1.29, 1.82) is 0 Å². The minimum atomic E-state index is -1.52. The van der Waals surface area contributed by atoms with E-state index in [0.717, 1.165) is 4.90 Å². The van der Waals surface area contributed by atoms with Crippen molar-refractivity contribution in [2.45, 2.75) is 31.2 Å². The molecule has 31 heavy (non-hydrogen) atoms. The lowest BCUT2D eigenvalue weighted by Gasteiger charge is -2.30. The van der Waals surface area contributed by atoms with Gasteiger partial charge < -0.3 is 10.4 Å². The number of halogens is 2. The molecule has 2 aromatic carbocycles. The maximum absolute atomic E-state index is 13.5. The number of carbonyl (C=O) groups excluding carboxylic acids is 3. The van der Waals surface area contributed by atoms with E-state index in [1.807, 2.05) is 0 Å². The first-order valence-electron chi connectivity index (χ1n) is 9.91. The Morgan fingerprint density at radius 1 is 1.16 bits per heavy atom. The molecule has 0 radical (unpaired) electrons. The fourth-order valence-electron chi connectivity index (χ4n) is 5.13. The topological polar surface area (TPSA) is 98.7 Å². The van der Waals surface area contributed by atoms with E-state index in [0.29, 0.717) is 21.8 Å². The number of nitrogens with one attached hydrogen (secondary N) is 2. The zero-order chi connectivity index (χ0) is 22.1. The van der Waals surface area contributed by atoms with E-state index >= 15 is 0 Å². The first-order chi connectivity index (χ1) is 14.8. The van der Waals surface area contributed by atoms with Crippen LogP contribution in [0.1, 0.15) is 18.1 Å². The summed E-state index contributed by atoms with van der Waals surface area (Å²) in [6, 6.07) is 9.69. The Balaban J connectivity index is 1.61. The van der Waals surface area contributed by atoms with Gasteiger partial charge in [-0.05, 0) is 30.7 Å². The molecule has 3 heterocycles. The van der Waals surface area contributed by atoms with Gasteiger partial charge in [0.15, 0.2) is 0 Å². The van der Waals surface area contributed by atoms with E-state index in [-0.39, 0.29) is 6.54 Å². The van der Waals surface area contributed by atoms with E-state index in [1.165, 1.54) is 31.2 Å². The Morgan fingerprint density at radius 3 is 2.55 bits per heavy atom. The monoisotopic (exact) mass is 443 g/mol. The molecule has 160 valence electrons. The molecule has 0 unspecified atom stereocenters. The molecule has 5 atom stereocenters. The Hall–Kier alpha value is -2.81. The SMILES string of the molecule is C[C@H](O)[C@H]1N[C@]2(C(=O)Nc3c(Cl)cccc32)[C@@H]2C(=O)N(Cc3ccc(F)cc3)C(=O)[C@H]12. The van der Waals surface area contributed by atoms with Gasteiger partial charge in [-0.2, -0.15) is 0 Å². The quantitative estimate of drug-likeness (QED) is 0.628. The van der Waals surface area contributed by atoms with Gasteiger partial charge in [0.1, 0.15) is 11.4 Å². The van der Waals surface area contributed by atoms with Gasteiger partial charge in [0.2, 0.25) is 17.7 Å². The summed E-state index contributed by atoms with van der Waals surface area (Å²) in [5, 5.41) is 16.6. The number of imide groups is 1. The van der Waals surface area contributed by atoms with Crippen molar-refractivity contribution in [3.63, 3.8) is 0 Å². The van der Waals surface area contributed by atoms with Crippen molar-refractivity contribution in [2.75, 3.05) is 5.32 Å². The molecule has 0 aliphatic carbocycles. The largest absolute Gasteiger partial charge is 0.392 e. The summed E-state index contributed by atoms with van der Waals surface area (Å²) in [6.07, 6.45) is -0.995. The number of nitrogens with zero attached hydrogens (tertiary/aromatic N) is 1. The van der Waals surface area contributed by atoms with Crippen LogP contribution in [0.15, 0.2) is 42.5 Å². The Kier molecular flexibility index (Phi) is 4.44. The zero-order valence-corrected chi connectivity index (χ0v) is 17.2. The van der Waals surface area contributed by atoms with Gasteiger partial charge in [-0.3, -0.25) is 24.6 Å². The highest BCUT2D eigenvalue weighted by Crippen LogP contribution is 2.54. The third-order valence-electron chi connectivity index (χ3n) is 6.50. The molecular formula is C22H19ClFN3O4. The lowest BCUT2D eigenvalue weighted by atomic mass is 9.76. The number of likely N-dealkylation sites (tertiary alicyclic amines) is 1. The van der Waals surface area contributed by atoms with Gasteiger partial charge in [-0.1, -0.05) is 35.9 Å². The van der Waals surface area contributed by atoms with Crippen molar-refractivity contribution in [3.8, 4) is 0 Å². The van der Waals surface area contributed by atoms with Gasteiger partial charge in [-0.15, -0.1) is 0 Å². The Labute approximate surface area is 182 Å². The fraction of sp³-hybridized carbons (Fsp3) is 0.318. The molecule has 0 bridgehead atoms. The molecule has 3 amide bonds. The lowest BCUT2D eigenvalue weighted by molar-refractivity contribution is -0.143. The maximum Gasteiger partial charge on any atom is 0.250 e. The van der Waals surface area contributed by atoms with Crippen molar-refractivity contribution in [1.82, 2.24) is 10.2 Å². The number of aliphatic hydroxyl groups excluding tert-OH is 1. The predicted octanol–water partition coefficient (Wildman–Crippen LogP) is 1.78. The summed E-state index contributed by atoms with van der Waals surface area (Å²) in [7, 11) is 0. The normalized spacial score (nSPS) is 30.0. The van der Waals surface area contributed by atoms with Gasteiger partial charge in [-0.25, -0.2) is 4.39 Å². The highest BCUT2D eigenvalue weighted by molar-refractivity contribution is 6.35. The van der Waals surface area contributed by atoms with Gasteiger partial charge in [0.05, 0.1) is 35.2 Å². The van der Waals surface area contributed by atoms with Crippen LogP contribution in [0.5, 0.6) is 0 Å². The summed E-state index contributed by atoms with van der Waals surface area (Å²) in [6.45, 7) is 1.47. The standard InChI is InChI=1S/C22H19ClFN3O4/c1-10(28)17-15-16(20(30)27(19(15)29)9-11-5-7-12(24)8-6-11)22(26-17)13-3-2-4-14(23)18(13)25-21(22)31/h2-8,10,15-17,26,28H,9H2,1H3,(H,25,31)/t10-,15-,16-,17+,22-/m0/s1. The molecule has 3 N–H and O–H groups in total. The van der Waals surface area contributed by atoms with Gasteiger partial charge in [0, 0.05) is 11.6 Å². The molecule has 3 aliphatic rings. The van der Waals surface area contributed by atoms with Gasteiger partial charge in [0.25, 0.3) is 0 Å². The first kappa shape index (κ1) is 20.1. The molecule has 0 aromatic heterocycles. The van der Waals surface area contributed by atoms with Crippen molar-refractivity contribution in [2.24, 2.45) is 11.8 Å². The van der Waals surface area contributed by atoms with E-state index in [2.05, 4.69) is 10.6 Å². The number of aliphatic hydroxyl groups is 1. The second kappa shape index (κ2) is 6.85. The number of benzene rings is 2. The number of fused-ring (bicyclic) bond motifs is 4. The van der Waals surface area contributed by atoms with Crippen LogP contribution in [0.4, 0.5) is 10.1 Å². The van der Waals surface area contributed by atoms with Crippen molar-refractivity contribution < 1.29 is 23.9 Å². The Morgan fingerprint density at radius 2 is 1.87 bits per heavy atom. The molecule has 0 saturated carbocycles. The van der Waals surface area contributed by atoms with Crippen LogP contribution in [-0.2, 0) is 26.5 Å². The fourth-order valence-corrected chi connectivity index (χ4v) is 5.35. The van der Waals surface area contributed by atoms with Crippen molar-refractivity contribution in [3.05, 3.63) is 64.4 Å². The molecule has 3 aliphatic heterocycles. The van der Waals surface area contributed by atoms with E-state index in [1.54, 1.807) is 18.2 Å². The van der Waals surface area contributed by atoms with Crippen LogP contribution in [0.25, 0.3) is 0 Å². The minimum Gasteiger partial charge on any atom is -0.392 e. The zero-order valence-electron chi connectivity index (χ0n) is 16.4. The average molecular weight is 444 g/mol. The third kappa shape index (κ3) is 2.68. The van der Waals surface area contributed by atoms with Gasteiger partial charge >= 0.3 is 0 Å². The second-order valence-corrected chi connectivity index (χ2v) is 8.63. The summed E-state index contributed by atoms with van der Waals surface area (Å²) in [5.74, 6) is -3.87. The van der Waals surface area contributed by atoms with E-state index < -0.39 is 53.1 Å². The molecule has 9 heteroatoms. The number of rotatable bonds is 3. The number of hydrogen-bond donors (Lipinski definition) is 3. The summed E-state index contributed by atoms with van der Waals surface area (Å²) >= 11 is 6.27. The van der Waals surface area contributed by atoms with Crippen LogP contribution in [0.2, 0.25) is 5.02 Å². The van der Waals surface area contributed by atoms with Crippen LogP contribution < -0.4 is 10.6 Å². The first-order valence-corrected chi connectivity index (χ1v) is 10.3. The average Bonchev–Trinajstić information content (AvgIpc) is 3.32. The second-order valence-electron chi connectivity index (χ2n) is 8.23. The minimum absolute atomic E-state index is 0.0441. The highest BCUT2D eigenvalue weighted by Gasteiger charge is 2.71. The summed E-state index contributed by atoms with van der Waals surface area (Å²) in [5.41, 5.74) is -0.0635. The molecule has 2 aromatic rings. The summed E-state index contributed by atoms with van der Waals surface area (Å²) < 4.78 is 13.3. The molecule has 2 saturated heterocycles. The predicted molar refractivity (Wildman–Crippen MR) is 109 cm³/mol. The molecular weight excluding hydrogens is 425 g/mol. The maximum atomic E-state index is 13.5. The van der Waals surface area contributed by atoms with E-state index in [4.69, 9.17) is 11.6 Å². The van der Waals surface area contributed by atoms with Crippen LogP contribution in [0.3, 0.4) is 0 Å². The number of hydrogen-bond acceptors (Lipinski definition) is 5. The molecule has 1 spiro atoms. The molecule has 5 rings (SSSR count). The lowest BCUT2D eigenvalue weighted by Crippen LogP contribution is -2.54. The van der Waals surface area contributed by atoms with Crippen LogP contribution in [0, 0.1) is 17.7 Å². The Bertz CT molecular complexity index is 1120. The van der Waals surface area contributed by atoms with Crippen molar-refractivity contribution >= 4 is 35.0 Å². The molecule has 7 nitrogen and oxygen atoms in total. The number of anilines is 1. The molecule has 2 fully saturated rings.